The lowest BCUT2D eigenvalue weighted by atomic mass is 10.1. The van der Waals surface area contributed by atoms with Crippen LogP contribution >= 0.6 is 11.6 Å². The third kappa shape index (κ3) is 3.98. The van der Waals surface area contributed by atoms with Crippen molar-refractivity contribution in [1.29, 1.82) is 0 Å². The fourth-order valence-electron chi connectivity index (χ4n) is 2.70. The fourth-order valence-corrected chi connectivity index (χ4v) is 2.82. The third-order valence-electron chi connectivity index (χ3n) is 3.79. The third-order valence-corrected chi connectivity index (χ3v) is 4.04. The molecule has 0 saturated heterocycles. The number of halogens is 1. The van der Waals surface area contributed by atoms with Crippen molar-refractivity contribution in [2.24, 2.45) is 0 Å². The standard InChI is InChI=1S/C20H17ClN2O2/c1-12-9-13(2)11-16(10-12)22-19(24)17-7-8-18(23-20(17)25)14-3-5-15(21)6-4-14/h3-11H,1-2H3,(H,22,24)(H,23,25). The first-order chi connectivity index (χ1) is 11.9. The molecule has 1 heterocycles. The van der Waals surface area contributed by atoms with Crippen LogP contribution < -0.4 is 10.9 Å². The molecule has 0 spiro atoms. The van der Waals surface area contributed by atoms with Crippen LogP contribution in [0.4, 0.5) is 5.69 Å². The van der Waals surface area contributed by atoms with E-state index < -0.39 is 11.5 Å². The van der Waals surface area contributed by atoms with Crippen LogP contribution in [0.5, 0.6) is 0 Å². The molecular weight excluding hydrogens is 336 g/mol. The van der Waals surface area contributed by atoms with E-state index in [-0.39, 0.29) is 5.56 Å². The summed E-state index contributed by atoms with van der Waals surface area (Å²) in [5.74, 6) is -0.436. The smallest absolute Gasteiger partial charge is 0.261 e. The number of carbonyl (C=O) groups excluding carboxylic acids is 1. The number of anilines is 1. The van der Waals surface area contributed by atoms with Gasteiger partial charge in [-0.3, -0.25) is 9.59 Å². The number of hydrogen-bond acceptors (Lipinski definition) is 2. The minimum atomic E-state index is -0.436. The second-order valence-electron chi connectivity index (χ2n) is 5.95. The summed E-state index contributed by atoms with van der Waals surface area (Å²) >= 11 is 5.87. The summed E-state index contributed by atoms with van der Waals surface area (Å²) in [6.45, 7) is 3.91. The van der Waals surface area contributed by atoms with Crippen molar-refractivity contribution >= 4 is 23.2 Å². The highest BCUT2D eigenvalue weighted by molar-refractivity contribution is 6.30. The van der Waals surface area contributed by atoms with E-state index in [1.807, 2.05) is 44.2 Å². The van der Waals surface area contributed by atoms with Crippen LogP contribution in [-0.4, -0.2) is 10.9 Å². The molecule has 126 valence electrons. The zero-order valence-corrected chi connectivity index (χ0v) is 14.6. The predicted molar refractivity (Wildman–Crippen MR) is 101 cm³/mol. The Kier molecular flexibility index (Phi) is 4.72. The van der Waals surface area contributed by atoms with Crippen molar-refractivity contribution in [3.63, 3.8) is 0 Å². The molecule has 3 aromatic rings. The molecule has 2 aromatic carbocycles. The highest BCUT2D eigenvalue weighted by Crippen LogP contribution is 2.19. The molecule has 4 nitrogen and oxygen atoms in total. The van der Waals surface area contributed by atoms with Gasteiger partial charge in [-0.25, -0.2) is 0 Å². The Hall–Kier alpha value is -2.85. The van der Waals surface area contributed by atoms with E-state index in [1.54, 1.807) is 18.2 Å². The Morgan fingerprint density at radius 3 is 2.20 bits per heavy atom. The molecule has 0 aliphatic heterocycles. The second kappa shape index (κ2) is 6.95. The molecule has 0 fully saturated rings. The highest BCUT2D eigenvalue weighted by Gasteiger charge is 2.12. The number of H-pyrrole nitrogens is 1. The maximum atomic E-state index is 12.4. The lowest BCUT2D eigenvalue weighted by Crippen LogP contribution is -2.23. The van der Waals surface area contributed by atoms with E-state index >= 15 is 0 Å². The van der Waals surface area contributed by atoms with Crippen LogP contribution in [0.15, 0.2) is 59.4 Å². The van der Waals surface area contributed by atoms with Gasteiger partial charge in [0.15, 0.2) is 0 Å². The van der Waals surface area contributed by atoms with Crippen LogP contribution in [0.2, 0.25) is 5.02 Å². The predicted octanol–water partition coefficient (Wildman–Crippen LogP) is 4.56. The molecule has 0 radical (unpaired) electrons. The van der Waals surface area contributed by atoms with Crippen LogP contribution in [-0.2, 0) is 0 Å². The summed E-state index contributed by atoms with van der Waals surface area (Å²) in [5.41, 5.74) is 3.84. The van der Waals surface area contributed by atoms with Gasteiger partial charge in [0.2, 0.25) is 0 Å². The van der Waals surface area contributed by atoms with Gasteiger partial charge in [-0.15, -0.1) is 0 Å². The van der Waals surface area contributed by atoms with Crippen molar-refractivity contribution < 1.29 is 4.79 Å². The molecule has 0 atom stereocenters. The number of hydrogen-bond donors (Lipinski definition) is 2. The first-order valence-corrected chi connectivity index (χ1v) is 8.19. The number of carbonyl (C=O) groups is 1. The highest BCUT2D eigenvalue weighted by atomic mass is 35.5. The molecule has 0 bridgehead atoms. The van der Waals surface area contributed by atoms with Gasteiger partial charge >= 0.3 is 0 Å². The maximum Gasteiger partial charge on any atom is 0.261 e. The van der Waals surface area contributed by atoms with Gasteiger partial charge in [-0.05, 0) is 66.9 Å². The fraction of sp³-hybridized carbons (Fsp3) is 0.100. The van der Waals surface area contributed by atoms with Crippen molar-refractivity contribution in [3.8, 4) is 11.3 Å². The normalized spacial score (nSPS) is 10.5. The average Bonchev–Trinajstić information content (AvgIpc) is 2.54. The Bertz CT molecular complexity index is 971. The first kappa shape index (κ1) is 17.0. The molecule has 2 N–H and O–H groups in total. The number of aryl methyl sites for hydroxylation is 2. The van der Waals surface area contributed by atoms with Crippen molar-refractivity contribution in [2.45, 2.75) is 13.8 Å². The van der Waals surface area contributed by atoms with Crippen LogP contribution in [0.25, 0.3) is 11.3 Å². The molecule has 3 rings (SSSR count). The Morgan fingerprint density at radius 2 is 1.60 bits per heavy atom. The van der Waals surface area contributed by atoms with E-state index in [0.29, 0.717) is 16.4 Å². The minimum Gasteiger partial charge on any atom is -0.322 e. The summed E-state index contributed by atoms with van der Waals surface area (Å²) in [4.78, 5) is 27.4. The van der Waals surface area contributed by atoms with Gasteiger partial charge in [0, 0.05) is 16.4 Å². The molecule has 1 aromatic heterocycles. The molecule has 1 amide bonds. The maximum absolute atomic E-state index is 12.4. The van der Waals surface area contributed by atoms with Gasteiger partial charge in [-0.2, -0.15) is 0 Å². The summed E-state index contributed by atoms with van der Waals surface area (Å²) in [7, 11) is 0. The molecular formula is C20H17ClN2O2. The lowest BCUT2D eigenvalue weighted by molar-refractivity contribution is 0.102. The van der Waals surface area contributed by atoms with E-state index in [4.69, 9.17) is 11.6 Å². The zero-order valence-electron chi connectivity index (χ0n) is 13.9. The number of aromatic amines is 1. The largest absolute Gasteiger partial charge is 0.322 e. The van der Waals surface area contributed by atoms with Gasteiger partial charge in [0.25, 0.3) is 11.5 Å². The average molecular weight is 353 g/mol. The Balaban J connectivity index is 1.86. The van der Waals surface area contributed by atoms with Crippen molar-refractivity contribution in [2.75, 3.05) is 5.32 Å². The second-order valence-corrected chi connectivity index (χ2v) is 6.39. The number of rotatable bonds is 3. The summed E-state index contributed by atoms with van der Waals surface area (Å²) in [6, 6.07) is 16.1. The Morgan fingerprint density at radius 1 is 0.960 bits per heavy atom. The summed E-state index contributed by atoms with van der Waals surface area (Å²) in [6.07, 6.45) is 0. The zero-order chi connectivity index (χ0) is 18.0. The Labute approximate surface area is 150 Å². The van der Waals surface area contributed by atoms with Crippen molar-refractivity contribution in [1.82, 2.24) is 4.98 Å². The van der Waals surface area contributed by atoms with Gasteiger partial charge in [-0.1, -0.05) is 29.8 Å². The monoisotopic (exact) mass is 352 g/mol. The topological polar surface area (TPSA) is 62.0 Å². The number of amides is 1. The van der Waals surface area contributed by atoms with E-state index in [1.165, 1.54) is 6.07 Å². The number of aromatic nitrogens is 1. The lowest BCUT2D eigenvalue weighted by Gasteiger charge is -2.08. The molecule has 25 heavy (non-hydrogen) atoms. The number of pyridine rings is 1. The molecule has 0 aliphatic carbocycles. The van der Waals surface area contributed by atoms with E-state index in [9.17, 15) is 9.59 Å². The quantitative estimate of drug-likeness (QED) is 0.725. The molecule has 0 aliphatic rings. The molecule has 0 saturated carbocycles. The SMILES string of the molecule is Cc1cc(C)cc(NC(=O)c2ccc(-c3ccc(Cl)cc3)[nH]c2=O)c1. The minimum absolute atomic E-state index is 0.0665. The van der Waals surface area contributed by atoms with E-state index in [2.05, 4.69) is 10.3 Å². The molecule has 0 unspecified atom stereocenters. The van der Waals surface area contributed by atoms with Crippen LogP contribution in [0.3, 0.4) is 0 Å². The van der Waals surface area contributed by atoms with Crippen LogP contribution in [0.1, 0.15) is 21.5 Å². The summed E-state index contributed by atoms with van der Waals surface area (Å²) in [5, 5.41) is 3.39. The van der Waals surface area contributed by atoms with Gasteiger partial charge < -0.3 is 10.3 Å². The summed E-state index contributed by atoms with van der Waals surface area (Å²) < 4.78 is 0. The van der Waals surface area contributed by atoms with Gasteiger partial charge in [0.05, 0.1) is 0 Å². The van der Waals surface area contributed by atoms with Crippen molar-refractivity contribution in [3.05, 3.63) is 86.7 Å². The number of benzene rings is 2. The van der Waals surface area contributed by atoms with E-state index in [0.717, 1.165) is 16.7 Å². The first-order valence-electron chi connectivity index (χ1n) is 7.81. The van der Waals surface area contributed by atoms with Gasteiger partial charge in [0.1, 0.15) is 5.56 Å². The molecule has 5 heteroatoms. The van der Waals surface area contributed by atoms with Crippen LogP contribution in [0, 0.1) is 13.8 Å². The number of nitrogens with one attached hydrogen (secondary N) is 2.